The summed E-state index contributed by atoms with van der Waals surface area (Å²) >= 11 is 3.48. The van der Waals surface area contributed by atoms with Crippen LogP contribution in [0.2, 0.25) is 0 Å². The average molecular weight is 299 g/mol. The van der Waals surface area contributed by atoms with E-state index in [2.05, 4.69) is 41.9 Å². The maximum Gasteiger partial charge on any atom is 0.125 e. The third kappa shape index (κ3) is 4.82. The van der Waals surface area contributed by atoms with Crippen LogP contribution in [0.4, 0.5) is 0 Å². The summed E-state index contributed by atoms with van der Waals surface area (Å²) in [6.45, 7) is 4.87. The summed E-state index contributed by atoms with van der Waals surface area (Å²) in [6, 6.07) is 4.15. The Morgan fingerprint density at radius 2 is 1.88 bits per heavy atom. The van der Waals surface area contributed by atoms with Gasteiger partial charge in [0.2, 0.25) is 0 Å². The molecule has 0 spiro atoms. The molecule has 0 aromatic heterocycles. The minimum atomic E-state index is 0.733. The van der Waals surface area contributed by atoms with Crippen LogP contribution in [0.5, 0.6) is 5.75 Å². The molecule has 1 aromatic carbocycles. The van der Waals surface area contributed by atoms with E-state index in [-0.39, 0.29) is 0 Å². The van der Waals surface area contributed by atoms with E-state index >= 15 is 0 Å². The van der Waals surface area contributed by atoms with Crippen molar-refractivity contribution in [3.63, 3.8) is 0 Å². The average Bonchev–Trinajstić information content (AvgIpc) is 2.26. The Bertz CT molecular complexity index is 363. The van der Waals surface area contributed by atoms with Crippen molar-refractivity contribution in [3.05, 3.63) is 40.1 Å². The zero-order valence-corrected chi connectivity index (χ0v) is 12.2. The molecule has 94 valence electrons. The molecule has 0 saturated heterocycles. The molecule has 0 amide bonds. The van der Waals surface area contributed by atoms with E-state index in [0.29, 0.717) is 0 Å². The lowest BCUT2D eigenvalue weighted by Crippen LogP contribution is -2.00. The van der Waals surface area contributed by atoms with Crippen molar-refractivity contribution < 1.29 is 9.47 Å². The summed E-state index contributed by atoms with van der Waals surface area (Å²) in [5, 5.41) is 0. The molecule has 0 fully saturated rings. The molecule has 2 nitrogen and oxygen atoms in total. The van der Waals surface area contributed by atoms with Crippen LogP contribution < -0.4 is 4.74 Å². The fraction of sp³-hybridized carbons (Fsp3) is 0.429. The number of methoxy groups -OCH3 is 1. The van der Waals surface area contributed by atoms with E-state index < -0.39 is 0 Å². The lowest BCUT2D eigenvalue weighted by atomic mass is 10.1. The van der Waals surface area contributed by atoms with E-state index in [0.717, 1.165) is 29.7 Å². The van der Waals surface area contributed by atoms with Gasteiger partial charge in [-0.15, -0.1) is 0 Å². The van der Waals surface area contributed by atoms with Gasteiger partial charge in [-0.2, -0.15) is 0 Å². The van der Waals surface area contributed by atoms with E-state index in [9.17, 15) is 0 Å². The van der Waals surface area contributed by atoms with Crippen molar-refractivity contribution in [1.82, 2.24) is 0 Å². The molecule has 0 radical (unpaired) electrons. The lowest BCUT2D eigenvalue weighted by molar-refractivity contribution is 0.305. The van der Waals surface area contributed by atoms with Gasteiger partial charge in [0.15, 0.2) is 0 Å². The number of allylic oxidation sites excluding steroid dienone is 1. The van der Waals surface area contributed by atoms with Gasteiger partial charge in [0.05, 0.1) is 20.0 Å². The molecule has 0 heterocycles. The Balaban J connectivity index is 2.44. The zero-order valence-electron chi connectivity index (χ0n) is 10.6. The van der Waals surface area contributed by atoms with Gasteiger partial charge in [-0.25, -0.2) is 0 Å². The van der Waals surface area contributed by atoms with Gasteiger partial charge >= 0.3 is 0 Å². The summed E-state index contributed by atoms with van der Waals surface area (Å²) in [4.78, 5) is 0. The number of rotatable bonds is 6. The Hall–Kier alpha value is -0.960. The van der Waals surface area contributed by atoms with Gasteiger partial charge in [-0.05, 0) is 56.0 Å². The summed E-state index contributed by atoms with van der Waals surface area (Å²) < 4.78 is 11.7. The van der Waals surface area contributed by atoms with Crippen LogP contribution in [0.3, 0.4) is 0 Å². The first-order chi connectivity index (χ1) is 8.15. The zero-order chi connectivity index (χ0) is 12.7. The smallest absolute Gasteiger partial charge is 0.125 e. The maximum atomic E-state index is 5.81. The molecule has 0 aliphatic carbocycles. The molecule has 0 N–H and O–H groups in total. The minimum Gasteiger partial charge on any atom is -0.505 e. The van der Waals surface area contributed by atoms with Gasteiger partial charge in [-0.3, -0.25) is 0 Å². The van der Waals surface area contributed by atoms with Crippen LogP contribution in [0.1, 0.15) is 24.0 Å². The van der Waals surface area contributed by atoms with Crippen molar-refractivity contribution in [2.45, 2.75) is 26.7 Å². The van der Waals surface area contributed by atoms with E-state index in [1.54, 1.807) is 13.4 Å². The van der Waals surface area contributed by atoms with E-state index in [1.807, 2.05) is 6.08 Å². The first kappa shape index (κ1) is 14.1. The third-order valence-corrected chi connectivity index (χ3v) is 2.88. The summed E-state index contributed by atoms with van der Waals surface area (Å²) in [6.07, 6.45) is 5.68. The normalized spacial score (nSPS) is 10.8. The van der Waals surface area contributed by atoms with Gasteiger partial charge in [0.1, 0.15) is 5.75 Å². The molecule has 0 bridgehead atoms. The van der Waals surface area contributed by atoms with Crippen molar-refractivity contribution >= 4 is 15.9 Å². The highest BCUT2D eigenvalue weighted by Gasteiger charge is 2.04. The van der Waals surface area contributed by atoms with Gasteiger partial charge < -0.3 is 9.47 Å². The Kier molecular flexibility index (Phi) is 6.12. The van der Waals surface area contributed by atoms with Crippen LogP contribution in [0.25, 0.3) is 0 Å². The molecule has 1 rings (SSSR count). The van der Waals surface area contributed by atoms with Crippen LogP contribution >= 0.6 is 15.9 Å². The van der Waals surface area contributed by atoms with Gasteiger partial charge in [-0.1, -0.05) is 15.9 Å². The maximum absolute atomic E-state index is 5.81. The fourth-order valence-electron chi connectivity index (χ4n) is 1.66. The Morgan fingerprint density at radius 1 is 1.24 bits per heavy atom. The highest BCUT2D eigenvalue weighted by molar-refractivity contribution is 9.10. The highest BCUT2D eigenvalue weighted by Crippen LogP contribution is 2.27. The second-order valence-electron chi connectivity index (χ2n) is 3.97. The van der Waals surface area contributed by atoms with E-state index in [4.69, 9.17) is 9.47 Å². The number of unbranched alkanes of at least 4 members (excludes halogenated alkanes) is 1. The van der Waals surface area contributed by atoms with Crippen molar-refractivity contribution in [2.75, 3.05) is 13.7 Å². The van der Waals surface area contributed by atoms with Crippen LogP contribution in [-0.2, 0) is 4.74 Å². The summed E-state index contributed by atoms with van der Waals surface area (Å²) in [5.74, 6) is 1.00. The molecule has 3 heteroatoms. The predicted molar refractivity (Wildman–Crippen MR) is 74.5 cm³/mol. The minimum absolute atomic E-state index is 0.733. The molecule has 0 atom stereocenters. The van der Waals surface area contributed by atoms with Gasteiger partial charge in [0, 0.05) is 4.47 Å². The molecule has 0 saturated carbocycles. The molecule has 0 aliphatic heterocycles. The molecule has 0 aliphatic rings. The summed E-state index contributed by atoms with van der Waals surface area (Å²) in [7, 11) is 1.65. The number of aryl methyl sites for hydroxylation is 2. The largest absolute Gasteiger partial charge is 0.505 e. The van der Waals surface area contributed by atoms with Crippen LogP contribution in [-0.4, -0.2) is 13.7 Å². The number of halogens is 1. The predicted octanol–water partition coefficient (Wildman–Crippen LogP) is 4.39. The topological polar surface area (TPSA) is 18.5 Å². The van der Waals surface area contributed by atoms with Crippen molar-refractivity contribution in [1.29, 1.82) is 0 Å². The van der Waals surface area contributed by atoms with E-state index in [1.165, 1.54) is 11.1 Å². The molecule has 17 heavy (non-hydrogen) atoms. The van der Waals surface area contributed by atoms with Crippen LogP contribution in [0.15, 0.2) is 28.9 Å². The molecule has 1 aromatic rings. The molecular formula is C14H19BrO2. The van der Waals surface area contributed by atoms with Crippen LogP contribution in [0, 0.1) is 13.8 Å². The quantitative estimate of drug-likeness (QED) is 0.573. The fourth-order valence-corrected chi connectivity index (χ4v) is 2.35. The Morgan fingerprint density at radius 3 is 2.47 bits per heavy atom. The SMILES string of the molecule is COC=CCCCOc1c(C)cc(Br)cc1C. The monoisotopic (exact) mass is 298 g/mol. The lowest BCUT2D eigenvalue weighted by Gasteiger charge is -2.12. The highest BCUT2D eigenvalue weighted by atomic mass is 79.9. The standard InChI is InChI=1S/C14H19BrO2/c1-11-9-13(15)10-12(2)14(11)17-8-6-4-5-7-16-3/h5,7,9-10H,4,6,8H2,1-3H3. The third-order valence-electron chi connectivity index (χ3n) is 2.42. The first-order valence-electron chi connectivity index (χ1n) is 5.72. The molecule has 0 unspecified atom stereocenters. The van der Waals surface area contributed by atoms with Gasteiger partial charge in [0.25, 0.3) is 0 Å². The van der Waals surface area contributed by atoms with Crippen molar-refractivity contribution in [2.24, 2.45) is 0 Å². The Labute approximate surface area is 112 Å². The molecular weight excluding hydrogens is 280 g/mol. The number of benzene rings is 1. The first-order valence-corrected chi connectivity index (χ1v) is 6.52. The van der Waals surface area contributed by atoms with Crippen molar-refractivity contribution in [3.8, 4) is 5.75 Å². The number of hydrogen-bond donors (Lipinski definition) is 0. The number of ether oxygens (including phenoxy) is 2. The number of hydrogen-bond acceptors (Lipinski definition) is 2. The summed E-state index contributed by atoms with van der Waals surface area (Å²) in [5.41, 5.74) is 2.34. The second kappa shape index (κ2) is 7.38. The second-order valence-corrected chi connectivity index (χ2v) is 4.88.